The number of Topliss-reactive ketones (excluding diaryl/α,β-unsaturated/α-hetero) is 1. The number of ketones is 1. The van der Waals surface area contributed by atoms with Gasteiger partial charge in [-0.15, -0.1) is 0 Å². The summed E-state index contributed by atoms with van der Waals surface area (Å²) in [6, 6.07) is 5.91. The molecule has 0 spiro atoms. The first kappa shape index (κ1) is 18.6. The number of nitrogens with zero attached hydrogens (tertiary/aromatic N) is 1. The number of hydrogen-bond acceptors (Lipinski definition) is 2. The first-order valence-corrected chi connectivity index (χ1v) is 11.4. The third kappa shape index (κ3) is 6.10. The van der Waals surface area contributed by atoms with Crippen molar-refractivity contribution in [1.82, 2.24) is 0 Å². The number of rotatable bonds is 4. The van der Waals surface area contributed by atoms with E-state index in [9.17, 15) is 4.79 Å². The van der Waals surface area contributed by atoms with Crippen LogP contribution in [0.15, 0.2) is 28.9 Å². The molecule has 0 aromatic heterocycles. The van der Waals surface area contributed by atoms with Gasteiger partial charge in [0.05, 0.1) is 13.6 Å². The van der Waals surface area contributed by atoms with Gasteiger partial charge in [-0.05, 0) is 46.2 Å². The number of carbonyl (C=O) groups is 1. The smallest absolute Gasteiger partial charge is 0.159 e. The van der Waals surface area contributed by atoms with Crippen LogP contribution in [0.5, 0.6) is 0 Å². The van der Waals surface area contributed by atoms with E-state index in [0.29, 0.717) is 0 Å². The van der Waals surface area contributed by atoms with Crippen molar-refractivity contribution in [3.8, 4) is 0 Å². The molecule has 3 heteroatoms. The molecule has 0 saturated heterocycles. The topological polar surface area (TPSA) is 29.4 Å². The largest absolute Gasteiger partial charge is 0.295 e. The normalized spacial score (nSPS) is 13.7. The van der Waals surface area contributed by atoms with Gasteiger partial charge in [0.1, 0.15) is 0 Å². The molecule has 0 atom stereocenters. The maximum Gasteiger partial charge on any atom is 0.159 e. The van der Waals surface area contributed by atoms with Crippen LogP contribution in [-0.2, 0) is 0 Å². The lowest BCUT2D eigenvalue weighted by Gasteiger charge is -2.16. The Labute approximate surface area is 136 Å². The SMILES string of the molecule is CC(=O)c1ccc(/C(C)=C\[Si](C)(C)C)c(C=NC(C)(C)C)c1. The fraction of sp³-hybridized carbons (Fsp3) is 0.474. The summed E-state index contributed by atoms with van der Waals surface area (Å²) >= 11 is 0. The third-order valence-electron chi connectivity index (χ3n) is 3.12. The predicted molar refractivity (Wildman–Crippen MR) is 101 cm³/mol. The molecule has 2 nitrogen and oxygen atoms in total. The number of carbonyl (C=O) groups excluding carboxylic acids is 1. The summed E-state index contributed by atoms with van der Waals surface area (Å²) in [6.45, 7) is 16.9. The Morgan fingerprint density at radius 1 is 1.14 bits per heavy atom. The Morgan fingerprint density at radius 2 is 1.73 bits per heavy atom. The van der Waals surface area contributed by atoms with Gasteiger partial charge in [0.25, 0.3) is 0 Å². The molecule has 0 fully saturated rings. The molecule has 0 aliphatic rings. The van der Waals surface area contributed by atoms with Gasteiger partial charge in [-0.25, -0.2) is 0 Å². The summed E-state index contributed by atoms with van der Waals surface area (Å²) in [5.41, 5.74) is 6.46. The Hall–Kier alpha value is -1.48. The molecule has 0 N–H and O–H groups in total. The summed E-state index contributed by atoms with van der Waals surface area (Å²) in [6.07, 6.45) is 1.91. The van der Waals surface area contributed by atoms with E-state index in [1.807, 2.05) is 24.4 Å². The zero-order valence-corrected chi connectivity index (χ0v) is 16.2. The third-order valence-corrected chi connectivity index (χ3v) is 4.42. The minimum absolute atomic E-state index is 0.0868. The Bertz CT molecular complexity index is 613. The minimum Gasteiger partial charge on any atom is -0.295 e. The molecule has 0 radical (unpaired) electrons. The van der Waals surface area contributed by atoms with Crippen LogP contribution in [0.2, 0.25) is 19.6 Å². The molecule has 1 aromatic carbocycles. The van der Waals surface area contributed by atoms with Gasteiger partial charge in [0.15, 0.2) is 5.78 Å². The van der Waals surface area contributed by atoms with Gasteiger partial charge in [-0.1, -0.05) is 43.0 Å². The first-order chi connectivity index (χ1) is 9.89. The molecular formula is C19H29NOSi. The summed E-state index contributed by atoms with van der Waals surface area (Å²) < 4.78 is 0. The Kier molecular flexibility index (Phi) is 5.69. The zero-order chi connectivity index (χ0) is 17.1. The van der Waals surface area contributed by atoms with E-state index >= 15 is 0 Å². The zero-order valence-electron chi connectivity index (χ0n) is 15.2. The molecule has 120 valence electrons. The Balaban J connectivity index is 3.41. The second-order valence-electron chi connectivity index (χ2n) is 7.98. The van der Waals surface area contributed by atoms with Crippen LogP contribution >= 0.6 is 0 Å². The van der Waals surface area contributed by atoms with Crippen molar-refractivity contribution in [2.75, 3.05) is 0 Å². The van der Waals surface area contributed by atoms with Crippen molar-refractivity contribution in [1.29, 1.82) is 0 Å². The number of allylic oxidation sites excluding steroid dienone is 1. The lowest BCUT2D eigenvalue weighted by Crippen LogP contribution is -2.16. The van der Waals surface area contributed by atoms with Gasteiger partial charge < -0.3 is 0 Å². The number of aliphatic imine (C=N–C) groups is 1. The molecule has 1 rings (SSSR count). The van der Waals surface area contributed by atoms with Crippen molar-refractivity contribution in [3.63, 3.8) is 0 Å². The van der Waals surface area contributed by atoms with Crippen LogP contribution in [0.1, 0.15) is 56.1 Å². The quantitative estimate of drug-likeness (QED) is 0.416. The van der Waals surface area contributed by atoms with Crippen molar-refractivity contribution >= 4 is 25.6 Å². The van der Waals surface area contributed by atoms with E-state index in [1.165, 1.54) is 11.1 Å². The molecule has 0 aliphatic heterocycles. The molecule has 0 saturated carbocycles. The molecular weight excluding hydrogens is 286 g/mol. The summed E-state index contributed by atoms with van der Waals surface area (Å²) in [7, 11) is -1.29. The van der Waals surface area contributed by atoms with Crippen LogP contribution in [0.25, 0.3) is 5.57 Å². The van der Waals surface area contributed by atoms with Gasteiger partial charge in [0.2, 0.25) is 0 Å². The van der Waals surface area contributed by atoms with Gasteiger partial charge in [-0.3, -0.25) is 9.79 Å². The second kappa shape index (κ2) is 6.74. The number of hydrogen-bond donors (Lipinski definition) is 0. The first-order valence-electron chi connectivity index (χ1n) is 7.79. The lowest BCUT2D eigenvalue weighted by atomic mass is 9.98. The van der Waals surface area contributed by atoms with E-state index in [0.717, 1.165) is 11.1 Å². The number of benzene rings is 1. The molecule has 22 heavy (non-hydrogen) atoms. The van der Waals surface area contributed by atoms with Crippen molar-refractivity contribution < 1.29 is 4.79 Å². The summed E-state index contributed by atoms with van der Waals surface area (Å²) in [5.74, 6) is 0.0868. The highest BCUT2D eigenvalue weighted by Crippen LogP contribution is 2.23. The van der Waals surface area contributed by atoms with Crippen molar-refractivity contribution in [2.24, 2.45) is 4.99 Å². The van der Waals surface area contributed by atoms with Crippen LogP contribution in [-0.4, -0.2) is 25.6 Å². The Morgan fingerprint density at radius 3 is 2.18 bits per heavy atom. The average molecular weight is 316 g/mol. The fourth-order valence-electron chi connectivity index (χ4n) is 2.24. The molecule has 0 amide bonds. The van der Waals surface area contributed by atoms with Crippen LogP contribution in [0.4, 0.5) is 0 Å². The molecule has 0 unspecified atom stereocenters. The summed E-state index contributed by atoms with van der Waals surface area (Å²) in [4.78, 5) is 16.3. The molecule has 1 aromatic rings. The van der Waals surface area contributed by atoms with Gasteiger partial charge in [-0.2, -0.15) is 0 Å². The van der Waals surface area contributed by atoms with E-state index in [2.05, 4.69) is 58.0 Å². The lowest BCUT2D eigenvalue weighted by molar-refractivity contribution is 0.101. The van der Waals surface area contributed by atoms with E-state index in [-0.39, 0.29) is 11.3 Å². The summed E-state index contributed by atoms with van der Waals surface area (Å²) in [5, 5.41) is 0. The van der Waals surface area contributed by atoms with Crippen LogP contribution in [0, 0.1) is 0 Å². The van der Waals surface area contributed by atoms with Crippen molar-refractivity contribution in [3.05, 3.63) is 40.6 Å². The van der Waals surface area contributed by atoms with Crippen molar-refractivity contribution in [2.45, 2.75) is 59.8 Å². The highest BCUT2D eigenvalue weighted by Gasteiger charge is 2.13. The maximum absolute atomic E-state index is 11.7. The second-order valence-corrected chi connectivity index (χ2v) is 13.0. The average Bonchev–Trinajstić information content (AvgIpc) is 2.32. The maximum atomic E-state index is 11.7. The highest BCUT2D eigenvalue weighted by molar-refractivity contribution is 6.81. The van der Waals surface area contributed by atoms with Gasteiger partial charge in [0, 0.05) is 17.3 Å². The predicted octanol–water partition coefficient (Wildman–Crippen LogP) is 5.39. The molecule has 0 bridgehead atoms. The highest BCUT2D eigenvalue weighted by atomic mass is 28.3. The fourth-order valence-corrected chi connectivity index (χ4v) is 3.69. The van der Waals surface area contributed by atoms with Crippen LogP contribution < -0.4 is 0 Å². The standard InChI is InChI=1S/C19H29NOSi/c1-14(13-22(6,7)8)18-10-9-16(15(2)21)11-17(18)12-20-19(3,4)5/h9-13H,1-8H3/b14-13-,20-12?. The van der Waals surface area contributed by atoms with E-state index in [1.54, 1.807) is 6.92 Å². The van der Waals surface area contributed by atoms with Gasteiger partial charge >= 0.3 is 0 Å². The molecule has 0 aliphatic carbocycles. The monoisotopic (exact) mass is 315 g/mol. The van der Waals surface area contributed by atoms with E-state index < -0.39 is 8.07 Å². The molecule has 0 heterocycles. The minimum atomic E-state index is -1.29. The van der Waals surface area contributed by atoms with E-state index in [4.69, 9.17) is 0 Å². The van der Waals surface area contributed by atoms with Crippen LogP contribution in [0.3, 0.4) is 0 Å².